The van der Waals surface area contributed by atoms with E-state index < -0.39 is 0 Å². The van der Waals surface area contributed by atoms with E-state index in [4.69, 9.17) is 9.15 Å². The molecule has 0 fully saturated rings. The number of phenolic OH excluding ortho intramolecular Hbond substituents is 1. The zero-order chi connectivity index (χ0) is 19.4. The first kappa shape index (κ1) is 18.5. The SMILES string of the molecule is CCN(CC)C(=O)COc1cc(O)c2c(=O)cc(-c3ccccc3)oc2c1. The number of aromatic hydroxyl groups is 1. The highest BCUT2D eigenvalue weighted by Crippen LogP contribution is 2.31. The molecule has 3 aromatic rings. The summed E-state index contributed by atoms with van der Waals surface area (Å²) in [5.41, 5.74) is 0.601. The van der Waals surface area contributed by atoms with Crippen molar-refractivity contribution in [1.29, 1.82) is 0 Å². The molecular formula is C21H21NO5. The molecule has 2 aromatic carbocycles. The van der Waals surface area contributed by atoms with E-state index >= 15 is 0 Å². The number of hydrogen-bond donors (Lipinski definition) is 1. The molecule has 3 rings (SSSR count). The van der Waals surface area contributed by atoms with Crippen molar-refractivity contribution in [3.8, 4) is 22.8 Å². The third kappa shape index (κ3) is 3.95. The molecule has 0 atom stereocenters. The quantitative estimate of drug-likeness (QED) is 0.722. The summed E-state index contributed by atoms with van der Waals surface area (Å²) in [5.74, 6) is 0.253. The van der Waals surface area contributed by atoms with E-state index in [2.05, 4.69) is 0 Å². The molecule has 0 saturated heterocycles. The van der Waals surface area contributed by atoms with Gasteiger partial charge >= 0.3 is 0 Å². The summed E-state index contributed by atoms with van der Waals surface area (Å²) in [6.07, 6.45) is 0. The van der Waals surface area contributed by atoms with Crippen LogP contribution in [0.25, 0.3) is 22.3 Å². The summed E-state index contributed by atoms with van der Waals surface area (Å²) in [7, 11) is 0. The molecule has 0 bridgehead atoms. The fourth-order valence-corrected chi connectivity index (χ4v) is 2.88. The lowest BCUT2D eigenvalue weighted by Crippen LogP contribution is -2.34. The topological polar surface area (TPSA) is 80.0 Å². The van der Waals surface area contributed by atoms with Gasteiger partial charge < -0.3 is 19.2 Å². The smallest absolute Gasteiger partial charge is 0.260 e. The van der Waals surface area contributed by atoms with Crippen molar-refractivity contribution >= 4 is 16.9 Å². The van der Waals surface area contributed by atoms with Crippen molar-refractivity contribution in [2.45, 2.75) is 13.8 Å². The van der Waals surface area contributed by atoms with Crippen LogP contribution in [0.4, 0.5) is 0 Å². The van der Waals surface area contributed by atoms with Crippen LogP contribution < -0.4 is 10.2 Å². The van der Waals surface area contributed by atoms with Crippen LogP contribution in [0.15, 0.2) is 57.7 Å². The highest BCUT2D eigenvalue weighted by molar-refractivity contribution is 5.86. The number of ether oxygens (including phenoxy) is 1. The van der Waals surface area contributed by atoms with Gasteiger partial charge in [-0.05, 0) is 13.8 Å². The zero-order valence-corrected chi connectivity index (χ0v) is 15.3. The molecule has 0 aliphatic heterocycles. The van der Waals surface area contributed by atoms with Crippen LogP contribution >= 0.6 is 0 Å². The maximum atomic E-state index is 12.4. The molecule has 0 aliphatic carbocycles. The van der Waals surface area contributed by atoms with E-state index in [0.29, 0.717) is 18.8 Å². The fourth-order valence-electron chi connectivity index (χ4n) is 2.88. The second-order valence-corrected chi connectivity index (χ2v) is 6.01. The molecule has 1 amide bonds. The number of benzene rings is 2. The van der Waals surface area contributed by atoms with Crippen molar-refractivity contribution in [2.75, 3.05) is 19.7 Å². The Morgan fingerprint density at radius 1 is 1.11 bits per heavy atom. The molecule has 140 valence electrons. The minimum Gasteiger partial charge on any atom is -0.507 e. The highest BCUT2D eigenvalue weighted by atomic mass is 16.5. The van der Waals surface area contributed by atoms with E-state index in [0.717, 1.165) is 5.56 Å². The second kappa shape index (κ2) is 7.95. The van der Waals surface area contributed by atoms with Gasteiger partial charge in [-0.15, -0.1) is 0 Å². The van der Waals surface area contributed by atoms with E-state index in [1.54, 1.807) is 4.90 Å². The Morgan fingerprint density at radius 2 is 1.81 bits per heavy atom. The molecule has 0 unspecified atom stereocenters. The maximum Gasteiger partial charge on any atom is 0.260 e. The number of phenols is 1. The minimum absolute atomic E-state index is 0.0806. The fraction of sp³-hybridized carbons (Fsp3) is 0.238. The number of carbonyl (C=O) groups is 1. The first-order valence-electron chi connectivity index (χ1n) is 8.80. The van der Waals surface area contributed by atoms with Gasteiger partial charge in [-0.25, -0.2) is 0 Å². The molecule has 6 nitrogen and oxygen atoms in total. The predicted molar refractivity (Wildman–Crippen MR) is 103 cm³/mol. The van der Waals surface area contributed by atoms with Crippen molar-refractivity contribution in [2.24, 2.45) is 0 Å². The largest absolute Gasteiger partial charge is 0.507 e. The Kier molecular flexibility index (Phi) is 5.45. The molecule has 0 radical (unpaired) electrons. The van der Waals surface area contributed by atoms with Gasteiger partial charge in [0, 0.05) is 36.9 Å². The number of rotatable bonds is 6. The number of carbonyl (C=O) groups excluding carboxylic acids is 1. The molecule has 0 aliphatic rings. The monoisotopic (exact) mass is 367 g/mol. The van der Waals surface area contributed by atoms with Crippen molar-refractivity contribution in [1.82, 2.24) is 4.90 Å². The highest BCUT2D eigenvalue weighted by Gasteiger charge is 2.15. The third-order valence-electron chi connectivity index (χ3n) is 4.32. The van der Waals surface area contributed by atoms with Gasteiger partial charge in [0.15, 0.2) is 12.0 Å². The summed E-state index contributed by atoms with van der Waals surface area (Å²) < 4.78 is 11.3. The number of amides is 1. The Labute approximate surface area is 156 Å². The maximum absolute atomic E-state index is 12.4. The van der Waals surface area contributed by atoms with Crippen LogP contribution in [0.1, 0.15) is 13.8 Å². The van der Waals surface area contributed by atoms with Crippen LogP contribution in [0.5, 0.6) is 11.5 Å². The van der Waals surface area contributed by atoms with Crippen LogP contribution in [-0.2, 0) is 4.79 Å². The lowest BCUT2D eigenvalue weighted by Gasteiger charge is -2.18. The first-order valence-corrected chi connectivity index (χ1v) is 8.80. The molecule has 0 spiro atoms. The molecule has 1 aromatic heterocycles. The molecule has 1 N–H and O–H groups in total. The van der Waals surface area contributed by atoms with E-state index in [1.807, 2.05) is 44.2 Å². The van der Waals surface area contributed by atoms with E-state index in [-0.39, 0.29) is 40.4 Å². The van der Waals surface area contributed by atoms with Crippen molar-refractivity contribution < 1.29 is 19.1 Å². The number of nitrogens with zero attached hydrogens (tertiary/aromatic N) is 1. The summed E-state index contributed by atoms with van der Waals surface area (Å²) in [6.45, 7) is 4.81. The van der Waals surface area contributed by atoms with Crippen molar-refractivity contribution in [3.05, 3.63) is 58.8 Å². The molecule has 6 heteroatoms. The van der Waals surface area contributed by atoms with E-state index in [9.17, 15) is 14.7 Å². The van der Waals surface area contributed by atoms with Gasteiger partial charge in [0.2, 0.25) is 0 Å². The van der Waals surface area contributed by atoms with E-state index in [1.165, 1.54) is 18.2 Å². The van der Waals surface area contributed by atoms with Gasteiger partial charge in [0.1, 0.15) is 28.2 Å². The number of likely N-dealkylation sites (N-methyl/N-ethyl adjacent to an activating group) is 1. The van der Waals surface area contributed by atoms with Gasteiger partial charge in [-0.3, -0.25) is 9.59 Å². The average molecular weight is 367 g/mol. The summed E-state index contributed by atoms with van der Waals surface area (Å²) in [5, 5.41) is 10.3. The van der Waals surface area contributed by atoms with Gasteiger partial charge in [0.25, 0.3) is 5.91 Å². The van der Waals surface area contributed by atoms with Gasteiger partial charge in [0.05, 0.1) is 0 Å². The Morgan fingerprint density at radius 3 is 2.48 bits per heavy atom. The Hall–Kier alpha value is -3.28. The van der Waals surface area contributed by atoms with Crippen LogP contribution in [-0.4, -0.2) is 35.6 Å². The van der Waals surface area contributed by atoms with Crippen molar-refractivity contribution in [3.63, 3.8) is 0 Å². The summed E-state index contributed by atoms with van der Waals surface area (Å²) >= 11 is 0. The molecule has 1 heterocycles. The number of fused-ring (bicyclic) bond motifs is 1. The molecule has 27 heavy (non-hydrogen) atoms. The standard InChI is InChI=1S/C21H21NO5/c1-3-22(4-2)20(25)13-26-15-10-16(23)21-17(24)12-18(27-19(21)11-15)14-8-6-5-7-9-14/h5-12,23H,3-4,13H2,1-2H3. The minimum atomic E-state index is -0.349. The Bertz CT molecular complexity index is 1010. The third-order valence-corrected chi connectivity index (χ3v) is 4.32. The lowest BCUT2D eigenvalue weighted by atomic mass is 10.1. The van der Waals surface area contributed by atoms with Crippen LogP contribution in [0.3, 0.4) is 0 Å². The summed E-state index contributed by atoms with van der Waals surface area (Å²) in [4.78, 5) is 26.1. The predicted octanol–water partition coefficient (Wildman–Crippen LogP) is 3.41. The Balaban J connectivity index is 1.95. The average Bonchev–Trinajstić information content (AvgIpc) is 2.67. The zero-order valence-electron chi connectivity index (χ0n) is 15.3. The molecular weight excluding hydrogens is 346 g/mol. The number of hydrogen-bond acceptors (Lipinski definition) is 5. The van der Waals surface area contributed by atoms with Gasteiger partial charge in [-0.2, -0.15) is 0 Å². The first-order chi connectivity index (χ1) is 13.0. The normalized spacial score (nSPS) is 10.7. The van der Waals surface area contributed by atoms with Crippen LogP contribution in [0.2, 0.25) is 0 Å². The van der Waals surface area contributed by atoms with Gasteiger partial charge in [-0.1, -0.05) is 30.3 Å². The van der Waals surface area contributed by atoms with Crippen LogP contribution in [0, 0.1) is 0 Å². The lowest BCUT2D eigenvalue weighted by molar-refractivity contribution is -0.132. The summed E-state index contributed by atoms with van der Waals surface area (Å²) in [6, 6.07) is 13.4. The molecule has 0 saturated carbocycles. The second-order valence-electron chi connectivity index (χ2n) is 6.01.